The predicted molar refractivity (Wildman–Crippen MR) is 135 cm³/mol. The number of carbonyl (C=O) groups is 1. The van der Waals surface area contributed by atoms with Gasteiger partial charge in [0, 0.05) is 62.0 Å². The summed E-state index contributed by atoms with van der Waals surface area (Å²) in [6.07, 6.45) is 8.35. The number of aryl methyl sites for hydroxylation is 1. The zero-order chi connectivity index (χ0) is 24.2. The number of benzene rings is 1. The smallest absolute Gasteiger partial charge is 0.248 e. The molecule has 0 radical (unpaired) electrons. The number of carbonyl (C=O) groups excluding carboxylic acids is 1. The van der Waals surface area contributed by atoms with Crippen LogP contribution in [0.4, 0.5) is 0 Å². The van der Waals surface area contributed by atoms with Crippen LogP contribution in [-0.4, -0.2) is 53.4 Å². The minimum atomic E-state index is -0.380. The van der Waals surface area contributed by atoms with E-state index in [9.17, 15) is 4.79 Å². The number of rotatable bonds is 6. The highest BCUT2D eigenvalue weighted by molar-refractivity contribution is 5.97. The van der Waals surface area contributed by atoms with Crippen molar-refractivity contribution in [1.29, 1.82) is 0 Å². The molecule has 3 aromatic rings. The summed E-state index contributed by atoms with van der Waals surface area (Å²) in [7, 11) is 1.77. The molecule has 1 saturated heterocycles. The van der Waals surface area contributed by atoms with Crippen LogP contribution in [0.1, 0.15) is 66.5 Å². The van der Waals surface area contributed by atoms with Crippen molar-refractivity contribution in [2.24, 2.45) is 5.73 Å². The third-order valence-corrected chi connectivity index (χ3v) is 7.06. The molecule has 182 valence electrons. The highest BCUT2D eigenvalue weighted by Gasteiger charge is 2.27. The van der Waals surface area contributed by atoms with Crippen molar-refractivity contribution in [3.63, 3.8) is 0 Å². The molecule has 2 aliphatic rings. The first-order chi connectivity index (χ1) is 16.5. The topological polar surface area (TPSA) is 86.5 Å². The van der Waals surface area contributed by atoms with E-state index < -0.39 is 0 Å². The Morgan fingerprint density at radius 3 is 2.71 bits per heavy atom. The molecular weight excluding hydrogens is 428 g/mol. The molecule has 7 heteroatoms. The summed E-state index contributed by atoms with van der Waals surface area (Å²) >= 11 is 0. The average molecular weight is 465 g/mol. The van der Waals surface area contributed by atoms with Gasteiger partial charge in [0.25, 0.3) is 0 Å². The summed E-state index contributed by atoms with van der Waals surface area (Å²) in [5, 5.41) is 5.26. The second-order valence-corrected chi connectivity index (χ2v) is 8.94. The predicted octanol–water partition coefficient (Wildman–Crippen LogP) is 4.74. The lowest BCUT2D eigenvalue weighted by atomic mass is 9.91. The lowest BCUT2D eigenvalue weighted by Crippen LogP contribution is -2.36. The molecule has 0 saturated carbocycles. The van der Waals surface area contributed by atoms with Gasteiger partial charge in [-0.3, -0.25) is 4.79 Å². The van der Waals surface area contributed by atoms with Gasteiger partial charge < -0.3 is 24.5 Å². The van der Waals surface area contributed by atoms with Gasteiger partial charge in [0.05, 0.1) is 11.8 Å². The van der Waals surface area contributed by atoms with Gasteiger partial charge in [0.2, 0.25) is 5.91 Å². The zero-order valence-electron chi connectivity index (χ0n) is 20.7. The van der Waals surface area contributed by atoms with Gasteiger partial charge in [-0.2, -0.15) is 0 Å². The number of primary amides is 1. The molecular formula is C27H36N4O3. The molecule has 3 heterocycles. The Balaban J connectivity index is 0.00000133. The largest absolute Gasteiger partial charge is 0.377 e. The SMILES string of the molecule is CC.COC1Cc2onc(C)c2C=C1CCN1CCC(n2ccc3ccc(C(N)=O)cc32)CC1. The molecule has 2 aromatic heterocycles. The molecule has 1 aromatic carbocycles. The third-order valence-electron chi connectivity index (χ3n) is 7.06. The fourth-order valence-electron chi connectivity index (χ4n) is 5.13. The molecule has 1 fully saturated rings. The number of nitrogens with zero attached hydrogens (tertiary/aromatic N) is 3. The molecule has 1 aliphatic heterocycles. The van der Waals surface area contributed by atoms with E-state index in [2.05, 4.69) is 33.0 Å². The number of likely N-dealkylation sites (tertiary alicyclic amines) is 1. The van der Waals surface area contributed by atoms with E-state index in [4.69, 9.17) is 15.0 Å². The molecule has 5 rings (SSSR count). The van der Waals surface area contributed by atoms with Crippen LogP contribution in [0.25, 0.3) is 17.0 Å². The highest BCUT2D eigenvalue weighted by atomic mass is 16.5. The quantitative estimate of drug-likeness (QED) is 0.569. The molecule has 0 spiro atoms. The number of ether oxygens (including phenoxy) is 1. The number of methoxy groups -OCH3 is 1. The number of nitrogens with two attached hydrogens (primary N) is 1. The first kappa shape index (κ1) is 24.2. The van der Waals surface area contributed by atoms with Crippen LogP contribution < -0.4 is 5.73 Å². The van der Waals surface area contributed by atoms with Crippen molar-refractivity contribution in [2.75, 3.05) is 26.7 Å². The Morgan fingerprint density at radius 2 is 2.00 bits per heavy atom. The number of hydrogen-bond donors (Lipinski definition) is 1. The maximum Gasteiger partial charge on any atom is 0.248 e. The van der Waals surface area contributed by atoms with Gasteiger partial charge in [0.15, 0.2) is 0 Å². The summed E-state index contributed by atoms with van der Waals surface area (Å²) < 4.78 is 13.5. The van der Waals surface area contributed by atoms with Crippen molar-refractivity contribution >= 4 is 22.9 Å². The van der Waals surface area contributed by atoms with Crippen LogP contribution in [-0.2, 0) is 11.2 Å². The minimum Gasteiger partial charge on any atom is -0.377 e. The number of hydrogen-bond acceptors (Lipinski definition) is 5. The van der Waals surface area contributed by atoms with Crippen molar-refractivity contribution in [1.82, 2.24) is 14.6 Å². The first-order valence-electron chi connectivity index (χ1n) is 12.3. The van der Waals surface area contributed by atoms with Crippen molar-refractivity contribution in [3.05, 3.63) is 58.6 Å². The standard InChI is InChI=1S/C25H30N4O3.C2H6/c1-16-21-13-18(23(31-2)15-24(21)32-27-16)5-9-28-10-7-20(8-11-28)29-12-6-17-3-4-19(25(26)30)14-22(17)29;1-2/h3-4,6,12-14,20,23H,5,7-11,15H2,1-2H3,(H2,26,30);1-2H3. The number of fused-ring (bicyclic) bond motifs is 2. The van der Waals surface area contributed by atoms with Gasteiger partial charge >= 0.3 is 0 Å². The van der Waals surface area contributed by atoms with Crippen LogP contribution in [0.2, 0.25) is 0 Å². The number of amides is 1. The number of aromatic nitrogens is 2. The van der Waals surface area contributed by atoms with E-state index in [-0.39, 0.29) is 12.0 Å². The van der Waals surface area contributed by atoms with Gasteiger partial charge in [-0.15, -0.1) is 0 Å². The van der Waals surface area contributed by atoms with Crippen molar-refractivity contribution in [3.8, 4) is 0 Å². The Labute approximate surface area is 201 Å². The van der Waals surface area contributed by atoms with E-state index in [0.29, 0.717) is 11.6 Å². The van der Waals surface area contributed by atoms with Gasteiger partial charge in [-0.1, -0.05) is 25.1 Å². The van der Waals surface area contributed by atoms with Gasteiger partial charge in [0.1, 0.15) is 5.76 Å². The van der Waals surface area contributed by atoms with E-state index >= 15 is 0 Å². The van der Waals surface area contributed by atoms with Crippen LogP contribution in [0.5, 0.6) is 0 Å². The molecule has 1 unspecified atom stereocenters. The van der Waals surface area contributed by atoms with E-state index in [1.54, 1.807) is 13.2 Å². The molecule has 34 heavy (non-hydrogen) atoms. The minimum absolute atomic E-state index is 0.0677. The van der Waals surface area contributed by atoms with Gasteiger partial charge in [-0.05, 0) is 61.4 Å². The molecule has 1 amide bonds. The second kappa shape index (κ2) is 10.6. The van der Waals surface area contributed by atoms with E-state index in [0.717, 1.165) is 73.2 Å². The third kappa shape index (κ3) is 4.81. The zero-order valence-corrected chi connectivity index (χ0v) is 20.7. The summed E-state index contributed by atoms with van der Waals surface area (Å²) in [4.78, 5) is 14.1. The average Bonchev–Trinajstić information content (AvgIpc) is 3.46. The summed E-state index contributed by atoms with van der Waals surface area (Å²) in [6, 6.07) is 8.26. The molecule has 1 aliphatic carbocycles. The fraction of sp³-hybridized carbons (Fsp3) is 0.481. The Kier molecular flexibility index (Phi) is 7.54. The second-order valence-electron chi connectivity index (χ2n) is 8.94. The Morgan fingerprint density at radius 1 is 1.24 bits per heavy atom. The van der Waals surface area contributed by atoms with Crippen molar-refractivity contribution in [2.45, 2.75) is 58.6 Å². The monoisotopic (exact) mass is 464 g/mol. The van der Waals surface area contributed by atoms with Crippen molar-refractivity contribution < 1.29 is 14.1 Å². The van der Waals surface area contributed by atoms with Crippen LogP contribution in [0.3, 0.4) is 0 Å². The van der Waals surface area contributed by atoms with E-state index in [1.807, 2.05) is 32.9 Å². The molecule has 1 atom stereocenters. The first-order valence-corrected chi connectivity index (χ1v) is 12.3. The normalized spacial score (nSPS) is 18.8. The summed E-state index contributed by atoms with van der Waals surface area (Å²) in [6.45, 7) is 9.13. The van der Waals surface area contributed by atoms with Crippen LogP contribution >= 0.6 is 0 Å². The summed E-state index contributed by atoms with van der Waals surface area (Å²) in [5.74, 6) is 0.548. The maximum atomic E-state index is 11.6. The summed E-state index contributed by atoms with van der Waals surface area (Å²) in [5.41, 5.74) is 10.5. The highest BCUT2D eigenvalue weighted by Crippen LogP contribution is 2.32. The molecule has 7 nitrogen and oxygen atoms in total. The lowest BCUT2D eigenvalue weighted by Gasteiger charge is -2.34. The van der Waals surface area contributed by atoms with E-state index in [1.165, 1.54) is 5.57 Å². The lowest BCUT2D eigenvalue weighted by molar-refractivity contribution is 0.100. The van der Waals surface area contributed by atoms with Gasteiger partial charge in [-0.25, -0.2) is 0 Å². The van der Waals surface area contributed by atoms with Crippen LogP contribution in [0, 0.1) is 6.92 Å². The number of piperidine rings is 1. The molecule has 2 N–H and O–H groups in total. The maximum absolute atomic E-state index is 11.6. The fourth-order valence-corrected chi connectivity index (χ4v) is 5.13. The Bertz CT molecular complexity index is 1170. The molecule has 0 bridgehead atoms. The van der Waals surface area contributed by atoms with Crippen LogP contribution in [0.15, 0.2) is 40.6 Å². The Hall–Kier alpha value is -2.90.